The summed E-state index contributed by atoms with van der Waals surface area (Å²) in [6.45, 7) is 1.40. The number of rotatable bonds is 6. The van der Waals surface area contributed by atoms with Crippen LogP contribution in [0.3, 0.4) is 0 Å². The fourth-order valence-corrected chi connectivity index (χ4v) is 2.37. The van der Waals surface area contributed by atoms with E-state index in [0.717, 1.165) is 5.56 Å². The van der Waals surface area contributed by atoms with Gasteiger partial charge in [-0.3, -0.25) is 14.0 Å². The number of aryl methyl sites for hydroxylation is 1. The van der Waals surface area contributed by atoms with Gasteiger partial charge in [0.15, 0.2) is 12.9 Å². The molecule has 3 aromatic rings. The maximum atomic E-state index is 12.1. The largest absolute Gasteiger partial charge is 0.481 e. The van der Waals surface area contributed by atoms with Crippen molar-refractivity contribution in [3.05, 3.63) is 75.8 Å². The molecule has 0 fully saturated rings. The van der Waals surface area contributed by atoms with Crippen molar-refractivity contribution in [2.24, 2.45) is 0 Å². The zero-order valence-corrected chi connectivity index (χ0v) is 14.0. The molecule has 0 spiro atoms. The van der Waals surface area contributed by atoms with Crippen LogP contribution in [-0.4, -0.2) is 28.2 Å². The van der Waals surface area contributed by atoms with Gasteiger partial charge in [-0.15, -0.1) is 0 Å². The number of carbonyl (C=O) groups excluding carboxylic acids is 2. The van der Waals surface area contributed by atoms with Crippen molar-refractivity contribution in [3.8, 4) is 5.75 Å². The second-order valence-electron chi connectivity index (χ2n) is 5.62. The third-order valence-corrected chi connectivity index (χ3v) is 3.65. The number of fused-ring (bicyclic) bond motifs is 1. The molecule has 0 saturated heterocycles. The Morgan fingerprint density at radius 2 is 2.04 bits per heavy atom. The number of carbonyl (C=O) groups is 2. The molecule has 2 aromatic heterocycles. The predicted molar refractivity (Wildman–Crippen MR) is 93.3 cm³/mol. The highest BCUT2D eigenvalue weighted by Gasteiger charge is 2.09. The Morgan fingerprint density at radius 1 is 1.23 bits per heavy atom. The standard InChI is InChI=1S/C19H16N2O5/c1-13-6-7-21-17(8-13)20-15(9-18(21)23)11-26-19(24)12-25-16-5-3-2-4-14(16)10-22/h2-10H,11-12H2,1H3. The highest BCUT2D eigenvalue weighted by molar-refractivity contribution is 5.79. The van der Waals surface area contributed by atoms with Gasteiger partial charge in [0.25, 0.3) is 5.56 Å². The Morgan fingerprint density at radius 3 is 2.85 bits per heavy atom. The molecule has 0 N–H and O–H groups in total. The number of ether oxygens (including phenoxy) is 2. The monoisotopic (exact) mass is 352 g/mol. The summed E-state index contributed by atoms with van der Waals surface area (Å²) >= 11 is 0. The number of hydrogen-bond acceptors (Lipinski definition) is 6. The van der Waals surface area contributed by atoms with Crippen LogP contribution in [0.1, 0.15) is 21.6 Å². The molecule has 2 heterocycles. The molecular formula is C19H16N2O5. The van der Waals surface area contributed by atoms with E-state index in [4.69, 9.17) is 9.47 Å². The number of benzene rings is 1. The summed E-state index contributed by atoms with van der Waals surface area (Å²) in [5.74, 6) is -0.325. The van der Waals surface area contributed by atoms with Gasteiger partial charge in [-0.2, -0.15) is 0 Å². The van der Waals surface area contributed by atoms with E-state index in [2.05, 4.69) is 4.98 Å². The molecule has 0 aliphatic heterocycles. The molecule has 0 aliphatic carbocycles. The van der Waals surface area contributed by atoms with E-state index in [1.165, 1.54) is 10.5 Å². The summed E-state index contributed by atoms with van der Waals surface area (Å²) < 4.78 is 11.8. The number of nitrogens with zero attached hydrogens (tertiary/aromatic N) is 2. The molecule has 0 saturated carbocycles. The van der Waals surface area contributed by atoms with Gasteiger partial charge in [-0.05, 0) is 36.8 Å². The van der Waals surface area contributed by atoms with Crippen molar-refractivity contribution in [1.82, 2.24) is 9.38 Å². The van der Waals surface area contributed by atoms with Crippen molar-refractivity contribution in [2.75, 3.05) is 6.61 Å². The summed E-state index contributed by atoms with van der Waals surface area (Å²) in [6.07, 6.45) is 2.29. The van der Waals surface area contributed by atoms with Gasteiger partial charge in [-0.25, -0.2) is 9.78 Å². The fraction of sp³-hybridized carbons (Fsp3) is 0.158. The van der Waals surface area contributed by atoms with E-state index in [0.29, 0.717) is 28.9 Å². The lowest BCUT2D eigenvalue weighted by molar-refractivity contribution is -0.147. The molecule has 3 rings (SSSR count). The number of hydrogen-bond donors (Lipinski definition) is 0. The first-order valence-electron chi connectivity index (χ1n) is 7.88. The van der Waals surface area contributed by atoms with Crippen LogP contribution in [0.2, 0.25) is 0 Å². The second kappa shape index (κ2) is 7.60. The molecule has 0 aliphatic rings. The summed E-state index contributed by atoms with van der Waals surface area (Å²) in [7, 11) is 0. The molecule has 7 heteroatoms. The van der Waals surface area contributed by atoms with Gasteiger partial charge < -0.3 is 9.47 Å². The van der Waals surface area contributed by atoms with Crippen LogP contribution in [0.15, 0.2) is 53.5 Å². The summed E-state index contributed by atoms with van der Waals surface area (Å²) in [6, 6.07) is 11.5. The first kappa shape index (κ1) is 17.3. The van der Waals surface area contributed by atoms with Crippen molar-refractivity contribution >= 4 is 17.9 Å². The normalized spacial score (nSPS) is 10.5. The third-order valence-electron chi connectivity index (χ3n) is 3.65. The Bertz CT molecular complexity index is 1030. The van der Waals surface area contributed by atoms with E-state index >= 15 is 0 Å². The number of esters is 1. The second-order valence-corrected chi connectivity index (χ2v) is 5.62. The predicted octanol–water partition coefficient (Wildman–Crippen LogP) is 1.94. The van der Waals surface area contributed by atoms with Gasteiger partial charge in [0, 0.05) is 12.3 Å². The van der Waals surface area contributed by atoms with Crippen LogP contribution in [0.25, 0.3) is 5.65 Å². The van der Waals surface area contributed by atoms with Crippen molar-refractivity contribution < 1.29 is 19.1 Å². The molecule has 0 radical (unpaired) electrons. The molecule has 132 valence electrons. The average Bonchev–Trinajstić information content (AvgIpc) is 2.64. The van der Waals surface area contributed by atoms with Crippen LogP contribution >= 0.6 is 0 Å². The van der Waals surface area contributed by atoms with Crippen LogP contribution < -0.4 is 10.3 Å². The number of aromatic nitrogens is 2. The molecule has 26 heavy (non-hydrogen) atoms. The van der Waals surface area contributed by atoms with E-state index in [1.54, 1.807) is 36.5 Å². The Labute approximate surface area is 148 Å². The van der Waals surface area contributed by atoms with Gasteiger partial charge in [-0.1, -0.05) is 12.1 Å². The fourth-order valence-electron chi connectivity index (χ4n) is 2.37. The van der Waals surface area contributed by atoms with E-state index in [9.17, 15) is 14.4 Å². The zero-order chi connectivity index (χ0) is 18.5. The zero-order valence-electron chi connectivity index (χ0n) is 14.0. The topological polar surface area (TPSA) is 87.0 Å². The minimum absolute atomic E-state index is 0.142. The Kier molecular flexibility index (Phi) is 5.07. The number of pyridine rings is 1. The highest BCUT2D eigenvalue weighted by Crippen LogP contribution is 2.15. The Hall–Kier alpha value is -3.48. The van der Waals surface area contributed by atoms with E-state index in [-0.39, 0.29) is 18.8 Å². The maximum absolute atomic E-state index is 12.1. The SMILES string of the molecule is Cc1ccn2c(=O)cc(COC(=O)COc3ccccc3C=O)nc2c1. The number of aldehydes is 1. The van der Waals surface area contributed by atoms with Crippen LogP contribution in [0, 0.1) is 6.92 Å². The lowest BCUT2D eigenvalue weighted by Gasteiger charge is -2.09. The van der Waals surface area contributed by atoms with E-state index < -0.39 is 5.97 Å². The highest BCUT2D eigenvalue weighted by atomic mass is 16.6. The lowest BCUT2D eigenvalue weighted by atomic mass is 10.2. The quantitative estimate of drug-likeness (QED) is 0.498. The molecule has 0 atom stereocenters. The smallest absolute Gasteiger partial charge is 0.344 e. The van der Waals surface area contributed by atoms with Crippen molar-refractivity contribution in [1.29, 1.82) is 0 Å². The molecule has 0 unspecified atom stereocenters. The van der Waals surface area contributed by atoms with Gasteiger partial charge in [0.05, 0.1) is 11.3 Å². The third kappa shape index (κ3) is 3.94. The molecule has 0 bridgehead atoms. The summed E-state index contributed by atoms with van der Waals surface area (Å²) in [5, 5.41) is 0. The van der Waals surface area contributed by atoms with E-state index in [1.807, 2.05) is 13.0 Å². The average molecular weight is 352 g/mol. The summed E-state index contributed by atoms with van der Waals surface area (Å²) in [4.78, 5) is 39.1. The first-order valence-corrected chi connectivity index (χ1v) is 7.88. The molecule has 0 amide bonds. The Balaban J connectivity index is 1.63. The van der Waals surface area contributed by atoms with Gasteiger partial charge in [0.1, 0.15) is 18.0 Å². The lowest BCUT2D eigenvalue weighted by Crippen LogP contribution is -2.18. The van der Waals surface area contributed by atoms with Crippen molar-refractivity contribution in [3.63, 3.8) is 0 Å². The molecule has 1 aromatic carbocycles. The van der Waals surface area contributed by atoms with Gasteiger partial charge in [0.2, 0.25) is 0 Å². The van der Waals surface area contributed by atoms with Crippen molar-refractivity contribution in [2.45, 2.75) is 13.5 Å². The van der Waals surface area contributed by atoms with Crippen LogP contribution in [-0.2, 0) is 16.1 Å². The number of para-hydroxylation sites is 1. The summed E-state index contributed by atoms with van der Waals surface area (Å²) in [5.41, 5.74) is 1.90. The first-order chi connectivity index (χ1) is 12.6. The maximum Gasteiger partial charge on any atom is 0.344 e. The van der Waals surface area contributed by atoms with Crippen LogP contribution in [0.4, 0.5) is 0 Å². The molecule has 7 nitrogen and oxygen atoms in total. The van der Waals surface area contributed by atoms with Crippen LogP contribution in [0.5, 0.6) is 5.75 Å². The minimum Gasteiger partial charge on any atom is -0.481 e. The van der Waals surface area contributed by atoms with Gasteiger partial charge >= 0.3 is 5.97 Å². The minimum atomic E-state index is -0.628. The molecular weight excluding hydrogens is 336 g/mol.